The standard InChI is InChI=1S/C23H26FN9O8P2S2/c24-13-16-12(39-22(13)33-9-31-15-19(33)28-7-29-20(15)34)3-37-42(35,44)4-11-10-1-2-23(11,5-38-43(36,45)41-16)40-21(10)32-8-30-14-17(25)26-6-27-18(14)32/h6-13,16,21-22H,1-5H2,(H,35,44)(H,36,45)(H2,25,26,27)(H,28,29,34)/t10-,11+,12-,13-,16-,21-,22-,23-,42?,43?/m1/s1. The molecule has 0 amide bonds. The minimum atomic E-state index is -4.25. The van der Waals surface area contributed by atoms with E-state index in [1.54, 1.807) is 10.9 Å². The van der Waals surface area contributed by atoms with Crippen LogP contribution in [0.1, 0.15) is 25.3 Å². The number of aromatic amines is 1. The fourth-order valence-electron chi connectivity index (χ4n) is 6.93. The number of nitrogen functional groups attached to an aromatic ring is 1. The minimum Gasteiger partial charge on any atom is -0.382 e. The van der Waals surface area contributed by atoms with E-state index in [0.29, 0.717) is 24.0 Å². The maximum atomic E-state index is 16.1. The third-order valence-corrected chi connectivity index (χ3v) is 12.8. The maximum absolute atomic E-state index is 16.1. The molecule has 4 aromatic heterocycles. The Balaban J connectivity index is 1.10. The molecule has 4 aliphatic rings. The summed E-state index contributed by atoms with van der Waals surface area (Å²) < 4.78 is 76.4. The van der Waals surface area contributed by atoms with E-state index in [1.807, 2.05) is 0 Å². The molecule has 4 aromatic rings. The Morgan fingerprint density at radius 1 is 1.04 bits per heavy atom. The predicted molar refractivity (Wildman–Crippen MR) is 161 cm³/mol. The summed E-state index contributed by atoms with van der Waals surface area (Å²) in [6.07, 6.45) is -0.398. The number of ether oxygens (including phenoxy) is 2. The van der Waals surface area contributed by atoms with Crippen molar-refractivity contribution in [2.75, 3.05) is 25.1 Å². The first kappa shape index (κ1) is 30.0. The van der Waals surface area contributed by atoms with E-state index >= 15 is 4.39 Å². The van der Waals surface area contributed by atoms with Crippen molar-refractivity contribution >= 4 is 66.0 Å². The quantitative estimate of drug-likeness (QED) is 0.175. The van der Waals surface area contributed by atoms with Gasteiger partial charge < -0.3 is 24.7 Å². The van der Waals surface area contributed by atoms with Gasteiger partial charge in [-0.1, -0.05) is 24.5 Å². The van der Waals surface area contributed by atoms with Gasteiger partial charge in [-0.05, 0) is 12.8 Å². The number of imidazole rings is 2. The number of halogens is 1. The van der Waals surface area contributed by atoms with Gasteiger partial charge in [-0.3, -0.25) is 27.5 Å². The van der Waals surface area contributed by atoms with Gasteiger partial charge in [0, 0.05) is 18.0 Å². The van der Waals surface area contributed by atoms with Crippen LogP contribution < -0.4 is 11.3 Å². The lowest BCUT2D eigenvalue weighted by Gasteiger charge is -2.35. The van der Waals surface area contributed by atoms with Crippen molar-refractivity contribution in [3.05, 3.63) is 35.7 Å². The molecule has 45 heavy (non-hydrogen) atoms. The Hall–Kier alpha value is -2.41. The lowest BCUT2D eigenvalue weighted by Crippen LogP contribution is -2.40. The first-order chi connectivity index (χ1) is 21.5. The van der Waals surface area contributed by atoms with Crippen LogP contribution in [0.25, 0.3) is 22.3 Å². The Morgan fingerprint density at radius 2 is 1.80 bits per heavy atom. The van der Waals surface area contributed by atoms with Crippen LogP contribution in [0.4, 0.5) is 10.2 Å². The normalized spacial score (nSPS) is 40.3. The van der Waals surface area contributed by atoms with Crippen LogP contribution in [0.15, 0.2) is 30.1 Å². The van der Waals surface area contributed by atoms with Crippen molar-refractivity contribution < 1.29 is 36.6 Å². The highest BCUT2D eigenvalue weighted by Crippen LogP contribution is 2.66. The van der Waals surface area contributed by atoms with Gasteiger partial charge in [0.25, 0.3) is 12.1 Å². The Morgan fingerprint density at radius 3 is 2.62 bits per heavy atom. The molecule has 10 atom stereocenters. The number of hydrogen-bond acceptors (Lipinski definition) is 14. The van der Waals surface area contributed by atoms with Crippen LogP contribution in [0.3, 0.4) is 0 Å². The number of nitrogens with two attached hydrogens (primary N) is 1. The van der Waals surface area contributed by atoms with Crippen molar-refractivity contribution in [1.82, 2.24) is 39.0 Å². The lowest BCUT2D eigenvalue weighted by atomic mass is 9.90. The van der Waals surface area contributed by atoms with Crippen LogP contribution in [0.2, 0.25) is 0 Å². The number of fused-ring (bicyclic) bond motifs is 3. The largest absolute Gasteiger partial charge is 0.386 e. The number of H-pyrrole nitrogens is 1. The highest BCUT2D eigenvalue weighted by atomic mass is 32.7. The van der Waals surface area contributed by atoms with Crippen LogP contribution >= 0.6 is 37.9 Å². The van der Waals surface area contributed by atoms with Gasteiger partial charge in [-0.2, -0.15) is 0 Å². The number of nitrogens with one attached hydrogen (secondary N) is 1. The molecule has 2 bridgehead atoms. The number of anilines is 1. The molecule has 8 rings (SSSR count). The summed E-state index contributed by atoms with van der Waals surface area (Å²) in [4.78, 5) is 35.3. The molecule has 3 saturated heterocycles. The van der Waals surface area contributed by atoms with Gasteiger partial charge >= 0.3 is 6.80 Å². The smallest absolute Gasteiger partial charge is 0.382 e. The molecule has 240 valence electrons. The molecule has 3 N–H and O–H groups in total. The Bertz CT molecular complexity index is 1980. The highest BCUT2D eigenvalue weighted by molar-refractivity contribution is 8.46. The van der Waals surface area contributed by atoms with E-state index in [9.17, 15) is 13.9 Å². The second-order valence-electron chi connectivity index (χ2n) is 11.5. The predicted octanol–water partition coefficient (Wildman–Crippen LogP) is 2.66. The molecule has 2 unspecified atom stereocenters. The molecular weight excluding hydrogens is 675 g/mol. The number of alkyl halides is 1. The summed E-state index contributed by atoms with van der Waals surface area (Å²) >= 11 is 8.60. The highest BCUT2D eigenvalue weighted by Gasteiger charge is 2.63. The summed E-state index contributed by atoms with van der Waals surface area (Å²) in [6, 6.07) is 0. The van der Waals surface area contributed by atoms with Gasteiger partial charge in [-0.25, -0.2) is 33.9 Å². The summed E-state index contributed by atoms with van der Waals surface area (Å²) in [5, 5.41) is 0. The molecule has 22 heteroatoms. The second-order valence-corrected chi connectivity index (χ2v) is 18.1. The van der Waals surface area contributed by atoms with E-state index < -0.39 is 67.9 Å². The molecule has 4 fully saturated rings. The monoisotopic (exact) mass is 701 g/mol. The summed E-state index contributed by atoms with van der Waals surface area (Å²) in [5.41, 5.74) is 5.28. The van der Waals surface area contributed by atoms with Crippen molar-refractivity contribution in [1.29, 1.82) is 0 Å². The summed E-state index contributed by atoms with van der Waals surface area (Å²) in [7, 11) is 0. The van der Waals surface area contributed by atoms with Crippen LogP contribution in [0.5, 0.6) is 0 Å². The first-order valence-electron chi connectivity index (χ1n) is 13.9. The molecule has 0 aromatic carbocycles. The van der Waals surface area contributed by atoms with Gasteiger partial charge in [0.05, 0.1) is 37.8 Å². The van der Waals surface area contributed by atoms with E-state index in [1.165, 1.54) is 17.2 Å². The molecular formula is C23H26FN9O8P2S2. The molecule has 7 heterocycles. The molecule has 17 nitrogen and oxygen atoms in total. The maximum Gasteiger partial charge on any atom is 0.386 e. The van der Waals surface area contributed by atoms with E-state index in [0.717, 1.165) is 6.33 Å². The average Bonchev–Trinajstić information content (AvgIpc) is 3.80. The molecule has 1 saturated carbocycles. The number of nitrogens with zero attached hydrogens (tertiary/aromatic N) is 7. The van der Waals surface area contributed by atoms with Crippen LogP contribution in [-0.4, -0.2) is 82.4 Å². The van der Waals surface area contributed by atoms with Gasteiger partial charge in [0.2, 0.25) is 0 Å². The van der Waals surface area contributed by atoms with E-state index in [-0.39, 0.29) is 35.7 Å². The Kier molecular flexibility index (Phi) is 7.02. The van der Waals surface area contributed by atoms with E-state index in [4.69, 9.17) is 28.8 Å². The SMILES string of the molecule is Nc1ncnc2c1ncn2[C@@H]1O[C@@]23CC[C@@H]1[C@@H]2CP(=O)(S)OC[C@H]1O[C@@H](n2cnc4c(=O)[nH]cnc42)[C@H](F)[C@@H]1OP(=O)(S)OC3. The van der Waals surface area contributed by atoms with Crippen LogP contribution in [-0.2, 0) is 32.2 Å². The van der Waals surface area contributed by atoms with Gasteiger partial charge in [0.1, 0.15) is 30.3 Å². The summed E-state index contributed by atoms with van der Waals surface area (Å²) in [5.74, 6) is -0.406. The fraction of sp³-hybridized carbons (Fsp3) is 0.565. The number of rotatable bonds is 2. The fourth-order valence-corrected chi connectivity index (χ4v) is 10.7. The lowest BCUT2D eigenvalue weighted by molar-refractivity contribution is -0.127. The number of aromatic nitrogens is 8. The zero-order valence-corrected chi connectivity index (χ0v) is 26.6. The second kappa shape index (κ2) is 10.6. The topological polar surface area (TPSA) is 213 Å². The first-order valence-corrected chi connectivity index (χ1v) is 19.5. The van der Waals surface area contributed by atoms with E-state index in [2.05, 4.69) is 54.4 Å². The third kappa shape index (κ3) is 4.88. The zero-order chi connectivity index (χ0) is 31.3. The molecule has 0 radical (unpaired) electrons. The van der Waals surface area contributed by atoms with Gasteiger partial charge in [-0.15, -0.1) is 0 Å². The number of hydrogen-bond donors (Lipinski definition) is 4. The zero-order valence-electron chi connectivity index (χ0n) is 23.0. The molecule has 0 spiro atoms. The minimum absolute atomic E-state index is 0.0269. The molecule has 3 aliphatic heterocycles. The van der Waals surface area contributed by atoms with Crippen molar-refractivity contribution in [3.8, 4) is 0 Å². The van der Waals surface area contributed by atoms with Crippen LogP contribution in [0, 0.1) is 11.8 Å². The average molecular weight is 702 g/mol. The number of thiol groups is 2. The summed E-state index contributed by atoms with van der Waals surface area (Å²) in [6.45, 7) is -8.61. The van der Waals surface area contributed by atoms with Gasteiger partial charge in [0.15, 0.2) is 35.0 Å². The molecule has 1 aliphatic carbocycles. The van der Waals surface area contributed by atoms with Crippen molar-refractivity contribution in [2.45, 2.75) is 49.3 Å². The third-order valence-electron chi connectivity index (χ3n) is 8.98. The van der Waals surface area contributed by atoms with Crippen molar-refractivity contribution in [3.63, 3.8) is 0 Å². The van der Waals surface area contributed by atoms with Crippen molar-refractivity contribution in [2.24, 2.45) is 11.8 Å². The Labute approximate surface area is 263 Å².